The Bertz CT molecular complexity index is 1160. The number of anilines is 1. The van der Waals surface area contributed by atoms with Gasteiger partial charge in [0.25, 0.3) is 15.9 Å². The van der Waals surface area contributed by atoms with Crippen LogP contribution < -0.4 is 10.0 Å². The minimum absolute atomic E-state index is 0.0947. The van der Waals surface area contributed by atoms with Gasteiger partial charge in [-0.05, 0) is 85.8 Å². The second-order valence-electron chi connectivity index (χ2n) is 7.40. The Balaban J connectivity index is 1.56. The lowest BCUT2D eigenvalue weighted by molar-refractivity contribution is 0.0953. The molecule has 0 aliphatic heterocycles. The van der Waals surface area contributed by atoms with Gasteiger partial charge in [0.15, 0.2) is 0 Å². The van der Waals surface area contributed by atoms with Gasteiger partial charge in [-0.1, -0.05) is 24.3 Å². The second kappa shape index (κ2) is 9.66. The van der Waals surface area contributed by atoms with Crippen molar-refractivity contribution in [1.82, 2.24) is 5.32 Å². The summed E-state index contributed by atoms with van der Waals surface area (Å²) in [7, 11) is -3.75. The monoisotopic (exact) mass is 438 g/mol. The fraction of sp³-hybridized carbons (Fsp3) is 0.208. The number of carbonyl (C=O) groups is 1. The lowest BCUT2D eigenvalue weighted by Gasteiger charge is -2.12. The zero-order valence-electron chi connectivity index (χ0n) is 17.6. The number of nitrogens with one attached hydrogen (secondary N) is 2. The zero-order chi connectivity index (χ0) is 22.4. The molecule has 0 heterocycles. The Morgan fingerprint density at radius 2 is 1.61 bits per heavy atom. The minimum Gasteiger partial charge on any atom is -0.508 e. The van der Waals surface area contributed by atoms with Crippen LogP contribution >= 0.6 is 0 Å². The van der Waals surface area contributed by atoms with Crippen molar-refractivity contribution in [1.29, 1.82) is 0 Å². The molecule has 0 unspecified atom stereocenters. The fourth-order valence-electron chi connectivity index (χ4n) is 3.11. The van der Waals surface area contributed by atoms with Crippen LogP contribution in [0.5, 0.6) is 5.75 Å². The summed E-state index contributed by atoms with van der Waals surface area (Å²) in [6, 6.07) is 18.3. The van der Waals surface area contributed by atoms with Gasteiger partial charge in [-0.15, -0.1) is 0 Å². The number of sulfonamides is 1. The van der Waals surface area contributed by atoms with Gasteiger partial charge in [0.2, 0.25) is 0 Å². The normalized spacial score (nSPS) is 11.2. The summed E-state index contributed by atoms with van der Waals surface area (Å²) in [5.74, 6) is -0.0242. The molecule has 0 aliphatic rings. The molecule has 3 aromatic carbocycles. The number of phenolic OH excluding ortho intramolecular Hbond substituents is 1. The molecular weight excluding hydrogens is 412 g/mol. The van der Waals surface area contributed by atoms with Crippen LogP contribution in [0.3, 0.4) is 0 Å². The predicted molar refractivity (Wildman–Crippen MR) is 122 cm³/mol. The summed E-state index contributed by atoms with van der Waals surface area (Å²) >= 11 is 0. The molecule has 1 amide bonds. The summed E-state index contributed by atoms with van der Waals surface area (Å²) in [6.45, 7) is 4.28. The first-order valence-electron chi connectivity index (χ1n) is 10.0. The van der Waals surface area contributed by atoms with E-state index in [1.807, 2.05) is 32.0 Å². The molecule has 3 aromatic rings. The molecule has 0 spiro atoms. The molecule has 0 atom stereocenters. The number of hydrogen-bond acceptors (Lipinski definition) is 4. The summed E-state index contributed by atoms with van der Waals surface area (Å²) in [5, 5.41) is 12.1. The fourth-order valence-corrected chi connectivity index (χ4v) is 4.23. The van der Waals surface area contributed by atoms with E-state index >= 15 is 0 Å². The van der Waals surface area contributed by atoms with Crippen molar-refractivity contribution < 1.29 is 18.3 Å². The molecule has 0 bridgehead atoms. The summed E-state index contributed by atoms with van der Waals surface area (Å²) in [4.78, 5) is 12.4. The third-order valence-corrected chi connectivity index (χ3v) is 6.52. The van der Waals surface area contributed by atoms with Crippen molar-refractivity contribution >= 4 is 21.6 Å². The van der Waals surface area contributed by atoms with E-state index in [9.17, 15) is 18.3 Å². The van der Waals surface area contributed by atoms with E-state index in [0.717, 1.165) is 29.5 Å². The van der Waals surface area contributed by atoms with E-state index in [2.05, 4.69) is 10.0 Å². The Labute approximate surface area is 183 Å². The smallest absolute Gasteiger partial charge is 0.261 e. The van der Waals surface area contributed by atoms with E-state index in [1.165, 1.54) is 24.3 Å². The van der Waals surface area contributed by atoms with Crippen LogP contribution in [0.15, 0.2) is 71.6 Å². The van der Waals surface area contributed by atoms with Gasteiger partial charge in [-0.25, -0.2) is 8.42 Å². The van der Waals surface area contributed by atoms with E-state index in [0.29, 0.717) is 17.8 Å². The maximum absolute atomic E-state index is 12.7. The average molecular weight is 439 g/mol. The van der Waals surface area contributed by atoms with Crippen molar-refractivity contribution in [2.75, 3.05) is 11.3 Å². The van der Waals surface area contributed by atoms with Crippen LogP contribution in [0, 0.1) is 13.8 Å². The van der Waals surface area contributed by atoms with Crippen molar-refractivity contribution in [2.24, 2.45) is 0 Å². The molecule has 0 saturated carbocycles. The summed E-state index contributed by atoms with van der Waals surface area (Å²) in [6.07, 6.45) is 1.53. The van der Waals surface area contributed by atoms with Crippen molar-refractivity contribution in [2.45, 2.75) is 31.6 Å². The molecular formula is C24H26N2O4S. The average Bonchev–Trinajstić information content (AvgIpc) is 2.75. The zero-order valence-corrected chi connectivity index (χ0v) is 18.4. The van der Waals surface area contributed by atoms with Crippen LogP contribution in [-0.4, -0.2) is 26.0 Å². The largest absolute Gasteiger partial charge is 0.508 e. The highest BCUT2D eigenvalue weighted by molar-refractivity contribution is 7.92. The van der Waals surface area contributed by atoms with Crippen molar-refractivity contribution in [3.63, 3.8) is 0 Å². The quantitative estimate of drug-likeness (QED) is 0.460. The van der Waals surface area contributed by atoms with Crippen LogP contribution in [-0.2, 0) is 16.4 Å². The Kier molecular flexibility index (Phi) is 6.97. The maximum Gasteiger partial charge on any atom is 0.261 e. The number of carbonyl (C=O) groups excluding carboxylic acids is 1. The first-order valence-corrected chi connectivity index (χ1v) is 11.5. The highest BCUT2D eigenvalue weighted by Gasteiger charge is 2.16. The van der Waals surface area contributed by atoms with E-state index < -0.39 is 10.0 Å². The van der Waals surface area contributed by atoms with Gasteiger partial charge in [0.1, 0.15) is 5.75 Å². The molecule has 0 aromatic heterocycles. The van der Waals surface area contributed by atoms with Crippen LogP contribution in [0.1, 0.15) is 33.5 Å². The SMILES string of the molecule is Cc1cccc(NS(=O)(=O)c2ccc(C(=O)NCCCc3ccc(O)cc3)cc2)c1C. The molecule has 31 heavy (non-hydrogen) atoms. The first kappa shape index (κ1) is 22.4. The van der Waals surface area contributed by atoms with Gasteiger partial charge < -0.3 is 10.4 Å². The van der Waals surface area contributed by atoms with Crippen LogP contribution in [0.2, 0.25) is 0 Å². The minimum atomic E-state index is -3.75. The number of hydrogen-bond donors (Lipinski definition) is 3. The lowest BCUT2D eigenvalue weighted by atomic mass is 10.1. The van der Waals surface area contributed by atoms with Gasteiger partial charge in [-0.2, -0.15) is 0 Å². The molecule has 0 fully saturated rings. The van der Waals surface area contributed by atoms with Gasteiger partial charge in [0.05, 0.1) is 10.6 Å². The third kappa shape index (κ3) is 5.86. The topological polar surface area (TPSA) is 95.5 Å². The first-order chi connectivity index (χ1) is 14.8. The standard InChI is InChI=1S/C24H26N2O4S/c1-17-5-3-7-23(18(17)2)26-31(29,30)22-14-10-20(11-15-22)24(28)25-16-4-6-19-8-12-21(27)13-9-19/h3,5,7-15,26-27H,4,6,16H2,1-2H3,(H,25,28). The number of rotatable bonds is 8. The summed E-state index contributed by atoms with van der Waals surface area (Å²) < 4.78 is 28.0. The van der Waals surface area contributed by atoms with E-state index in [-0.39, 0.29) is 16.6 Å². The molecule has 0 aliphatic carbocycles. The number of phenols is 1. The predicted octanol–water partition coefficient (Wildman–Crippen LogP) is 4.17. The van der Waals surface area contributed by atoms with E-state index in [1.54, 1.807) is 24.3 Å². The van der Waals surface area contributed by atoms with Crippen molar-refractivity contribution in [3.8, 4) is 5.75 Å². The number of benzene rings is 3. The molecule has 162 valence electrons. The van der Waals surface area contributed by atoms with Gasteiger partial charge in [-0.3, -0.25) is 9.52 Å². The molecule has 3 rings (SSSR count). The van der Waals surface area contributed by atoms with Crippen LogP contribution in [0.4, 0.5) is 5.69 Å². The highest BCUT2D eigenvalue weighted by atomic mass is 32.2. The third-order valence-electron chi connectivity index (χ3n) is 5.14. The second-order valence-corrected chi connectivity index (χ2v) is 9.09. The number of amides is 1. The van der Waals surface area contributed by atoms with E-state index in [4.69, 9.17) is 0 Å². The summed E-state index contributed by atoms with van der Waals surface area (Å²) in [5.41, 5.74) is 3.88. The van der Waals surface area contributed by atoms with Gasteiger partial charge in [0, 0.05) is 12.1 Å². The lowest BCUT2D eigenvalue weighted by Crippen LogP contribution is -2.24. The Morgan fingerprint density at radius 1 is 0.935 bits per heavy atom. The maximum atomic E-state index is 12.7. The number of aromatic hydroxyl groups is 1. The highest BCUT2D eigenvalue weighted by Crippen LogP contribution is 2.22. The molecule has 3 N–H and O–H groups in total. The molecule has 0 saturated heterocycles. The Hall–Kier alpha value is -3.32. The van der Waals surface area contributed by atoms with Gasteiger partial charge >= 0.3 is 0 Å². The number of aryl methyl sites for hydroxylation is 2. The van der Waals surface area contributed by atoms with Crippen molar-refractivity contribution in [3.05, 3.63) is 89.0 Å². The Morgan fingerprint density at radius 3 is 2.29 bits per heavy atom. The molecule has 6 nitrogen and oxygen atoms in total. The van der Waals surface area contributed by atoms with Crippen LogP contribution in [0.25, 0.3) is 0 Å². The molecule has 0 radical (unpaired) electrons. The molecule has 7 heteroatoms.